The van der Waals surface area contributed by atoms with E-state index < -0.39 is 0 Å². The first kappa shape index (κ1) is 12.0. The van der Waals surface area contributed by atoms with E-state index in [0.717, 1.165) is 5.56 Å². The highest BCUT2D eigenvalue weighted by atomic mass is 16.4. The second-order valence-corrected chi connectivity index (χ2v) is 4.88. The first-order chi connectivity index (χ1) is 9.42. The Morgan fingerprint density at radius 1 is 1.00 bits per heavy atom. The maximum Gasteiger partial charge on any atom is 0.294 e. The van der Waals surface area contributed by atoms with Crippen molar-refractivity contribution in [2.24, 2.45) is 5.92 Å². The summed E-state index contributed by atoms with van der Waals surface area (Å²) in [7, 11) is 0. The minimum Gasteiger partial charge on any atom is -0.410 e. The highest BCUT2D eigenvalue weighted by Crippen LogP contribution is 2.23. The lowest BCUT2D eigenvalue weighted by atomic mass is 9.90. The molecule has 1 aliphatic carbocycles. The predicted molar refractivity (Wildman–Crippen MR) is 73.2 cm³/mol. The zero-order valence-electron chi connectivity index (χ0n) is 10.8. The lowest BCUT2D eigenvalue weighted by Crippen LogP contribution is -2.02. The van der Waals surface area contributed by atoms with Crippen molar-refractivity contribution in [3.8, 4) is 23.3 Å². The van der Waals surface area contributed by atoms with Crippen molar-refractivity contribution in [2.45, 2.75) is 32.1 Å². The van der Waals surface area contributed by atoms with E-state index in [1.165, 1.54) is 32.1 Å². The highest BCUT2D eigenvalue weighted by molar-refractivity contribution is 5.52. The Bertz CT molecular complexity index is 586. The fraction of sp³-hybridized carbons (Fsp3) is 0.375. The Morgan fingerprint density at radius 3 is 2.58 bits per heavy atom. The van der Waals surface area contributed by atoms with Gasteiger partial charge in [-0.15, -0.1) is 5.10 Å². The van der Waals surface area contributed by atoms with Crippen LogP contribution in [0.1, 0.15) is 38.0 Å². The van der Waals surface area contributed by atoms with Crippen molar-refractivity contribution in [1.29, 1.82) is 0 Å². The van der Waals surface area contributed by atoms with Crippen molar-refractivity contribution >= 4 is 0 Å². The van der Waals surface area contributed by atoms with Gasteiger partial charge in [-0.2, -0.15) is 0 Å². The smallest absolute Gasteiger partial charge is 0.294 e. The van der Waals surface area contributed by atoms with Gasteiger partial charge >= 0.3 is 0 Å². The van der Waals surface area contributed by atoms with Gasteiger partial charge in [0.05, 0.1) is 0 Å². The molecule has 0 N–H and O–H groups in total. The Morgan fingerprint density at radius 2 is 1.79 bits per heavy atom. The largest absolute Gasteiger partial charge is 0.410 e. The third kappa shape index (κ3) is 3.03. The molecule has 1 aliphatic rings. The zero-order chi connectivity index (χ0) is 12.9. The Hall–Kier alpha value is -2.08. The van der Waals surface area contributed by atoms with E-state index in [0.29, 0.717) is 17.7 Å². The van der Waals surface area contributed by atoms with E-state index >= 15 is 0 Å². The molecule has 0 saturated heterocycles. The summed E-state index contributed by atoms with van der Waals surface area (Å²) in [6, 6.07) is 9.77. The van der Waals surface area contributed by atoms with Crippen LogP contribution in [0.25, 0.3) is 11.5 Å². The van der Waals surface area contributed by atoms with Gasteiger partial charge in [0.25, 0.3) is 5.89 Å². The van der Waals surface area contributed by atoms with Crippen molar-refractivity contribution < 1.29 is 4.42 Å². The number of benzene rings is 1. The summed E-state index contributed by atoms with van der Waals surface area (Å²) in [4.78, 5) is 0. The first-order valence-corrected chi connectivity index (χ1v) is 6.82. The minimum atomic E-state index is 0.421. The number of rotatable bonds is 1. The zero-order valence-corrected chi connectivity index (χ0v) is 10.8. The second kappa shape index (κ2) is 5.71. The molecule has 1 fully saturated rings. The third-order valence-electron chi connectivity index (χ3n) is 3.43. The quantitative estimate of drug-likeness (QED) is 0.727. The predicted octanol–water partition coefficient (Wildman–Crippen LogP) is 3.67. The molecule has 2 aromatic rings. The summed E-state index contributed by atoms with van der Waals surface area (Å²) in [6.45, 7) is 0. The molecular formula is C16H16N2O. The van der Waals surface area contributed by atoms with Crippen molar-refractivity contribution in [3.63, 3.8) is 0 Å². The van der Waals surface area contributed by atoms with Gasteiger partial charge in [0.15, 0.2) is 0 Å². The van der Waals surface area contributed by atoms with Gasteiger partial charge in [-0.25, -0.2) is 0 Å². The molecule has 0 bridgehead atoms. The molecule has 0 aliphatic heterocycles. The van der Waals surface area contributed by atoms with Crippen LogP contribution in [-0.2, 0) is 0 Å². The number of hydrogen-bond donors (Lipinski definition) is 0. The monoisotopic (exact) mass is 252 g/mol. The standard InChI is InChI=1S/C16H16N2O/c1-3-7-13(8-4-1)11-12-15-17-18-16(19-15)14-9-5-2-6-10-14/h2,5-6,9-10,13H,1,3-4,7-8H2. The van der Waals surface area contributed by atoms with Crippen LogP contribution in [0.2, 0.25) is 0 Å². The summed E-state index contributed by atoms with van der Waals surface area (Å²) in [5.74, 6) is 7.73. The molecule has 19 heavy (non-hydrogen) atoms. The molecule has 3 heteroatoms. The number of hydrogen-bond acceptors (Lipinski definition) is 3. The average molecular weight is 252 g/mol. The SMILES string of the molecule is C(#CC1CCCCC1)c1nnc(-c2ccccc2)o1. The van der Waals surface area contributed by atoms with Crippen LogP contribution in [0.3, 0.4) is 0 Å². The van der Waals surface area contributed by atoms with Gasteiger partial charge in [-0.1, -0.05) is 48.5 Å². The van der Waals surface area contributed by atoms with Gasteiger partial charge in [-0.3, -0.25) is 0 Å². The summed E-state index contributed by atoms with van der Waals surface area (Å²) in [5, 5.41) is 8.02. The fourth-order valence-electron chi connectivity index (χ4n) is 2.38. The second-order valence-electron chi connectivity index (χ2n) is 4.88. The normalized spacial score (nSPS) is 15.8. The lowest BCUT2D eigenvalue weighted by molar-refractivity contribution is 0.430. The maximum absolute atomic E-state index is 5.56. The van der Waals surface area contributed by atoms with Crippen LogP contribution in [0.5, 0.6) is 0 Å². The summed E-state index contributed by atoms with van der Waals surface area (Å²) in [6.07, 6.45) is 6.33. The number of nitrogens with zero attached hydrogens (tertiary/aromatic N) is 2. The van der Waals surface area contributed by atoms with E-state index in [1.54, 1.807) is 0 Å². The maximum atomic E-state index is 5.56. The van der Waals surface area contributed by atoms with Gasteiger partial charge in [0, 0.05) is 11.5 Å². The molecule has 1 aromatic carbocycles. The molecule has 1 aromatic heterocycles. The molecular weight excluding hydrogens is 236 g/mol. The molecule has 0 unspecified atom stereocenters. The molecule has 3 rings (SSSR count). The molecule has 1 heterocycles. The molecule has 0 amide bonds. The summed E-state index contributed by atoms with van der Waals surface area (Å²) >= 11 is 0. The van der Waals surface area contributed by atoms with E-state index in [2.05, 4.69) is 22.0 Å². The fourth-order valence-corrected chi connectivity index (χ4v) is 2.38. The number of aromatic nitrogens is 2. The van der Waals surface area contributed by atoms with Gasteiger partial charge in [0.1, 0.15) is 0 Å². The summed E-state index contributed by atoms with van der Waals surface area (Å²) in [5.41, 5.74) is 0.931. The van der Waals surface area contributed by atoms with Gasteiger partial charge < -0.3 is 4.42 Å². The summed E-state index contributed by atoms with van der Waals surface area (Å²) < 4.78 is 5.56. The highest BCUT2D eigenvalue weighted by Gasteiger charge is 2.11. The third-order valence-corrected chi connectivity index (χ3v) is 3.43. The van der Waals surface area contributed by atoms with Crippen LogP contribution in [0, 0.1) is 17.8 Å². The van der Waals surface area contributed by atoms with Crippen LogP contribution >= 0.6 is 0 Å². The minimum absolute atomic E-state index is 0.421. The van der Waals surface area contributed by atoms with E-state index in [9.17, 15) is 0 Å². The molecule has 0 spiro atoms. The van der Waals surface area contributed by atoms with Crippen LogP contribution < -0.4 is 0 Å². The Balaban J connectivity index is 1.73. The van der Waals surface area contributed by atoms with Gasteiger partial charge in [-0.05, 0) is 30.9 Å². The average Bonchev–Trinajstić information content (AvgIpc) is 2.96. The van der Waals surface area contributed by atoms with E-state index in [4.69, 9.17) is 4.42 Å². The van der Waals surface area contributed by atoms with Gasteiger partial charge in [0.2, 0.25) is 5.89 Å². The Kier molecular flexibility index (Phi) is 3.60. The van der Waals surface area contributed by atoms with Crippen LogP contribution in [0.15, 0.2) is 34.7 Å². The van der Waals surface area contributed by atoms with Crippen LogP contribution in [-0.4, -0.2) is 10.2 Å². The molecule has 96 valence electrons. The van der Waals surface area contributed by atoms with Crippen molar-refractivity contribution in [3.05, 3.63) is 36.2 Å². The molecule has 1 saturated carbocycles. The topological polar surface area (TPSA) is 38.9 Å². The van der Waals surface area contributed by atoms with Crippen molar-refractivity contribution in [1.82, 2.24) is 10.2 Å². The van der Waals surface area contributed by atoms with Crippen LogP contribution in [0.4, 0.5) is 0 Å². The Labute approximate surface area is 113 Å². The molecule has 0 atom stereocenters. The van der Waals surface area contributed by atoms with E-state index in [-0.39, 0.29) is 0 Å². The molecule has 0 radical (unpaired) electrons. The van der Waals surface area contributed by atoms with Crippen molar-refractivity contribution in [2.75, 3.05) is 0 Å². The molecule has 3 nitrogen and oxygen atoms in total. The van der Waals surface area contributed by atoms with E-state index in [1.807, 2.05) is 30.3 Å². The first-order valence-electron chi connectivity index (χ1n) is 6.82. The lowest BCUT2D eigenvalue weighted by Gasteiger charge is -2.15.